The Morgan fingerprint density at radius 2 is 1.66 bits per heavy atom. The fourth-order valence-corrected chi connectivity index (χ4v) is 4.17. The molecule has 2 N–H and O–H groups in total. The third-order valence-electron chi connectivity index (χ3n) is 5.80. The Hall–Kier alpha value is -3.67. The van der Waals surface area contributed by atoms with E-state index in [0.717, 1.165) is 35.6 Å². The van der Waals surface area contributed by atoms with Gasteiger partial charge in [0.15, 0.2) is 0 Å². The number of piperidine rings is 1. The normalized spacial score (nSPS) is 14.6. The van der Waals surface area contributed by atoms with E-state index in [0.29, 0.717) is 0 Å². The molecule has 1 unspecified atom stereocenters. The van der Waals surface area contributed by atoms with E-state index in [2.05, 4.69) is 27.3 Å². The number of nitrogens with zero attached hydrogens (tertiary/aromatic N) is 2. The summed E-state index contributed by atoms with van der Waals surface area (Å²) >= 11 is 0. The van der Waals surface area contributed by atoms with Gasteiger partial charge >= 0.3 is 5.97 Å². The average Bonchev–Trinajstić information content (AvgIpc) is 2.84. The number of rotatable bonds is 7. The third-order valence-corrected chi connectivity index (χ3v) is 5.80. The topological polar surface area (TPSA) is 82.5 Å². The number of carbonyl (C=O) groups excluding carboxylic acids is 1. The lowest BCUT2D eigenvalue weighted by atomic mass is 9.98. The molecule has 32 heavy (non-hydrogen) atoms. The first-order valence-electron chi connectivity index (χ1n) is 11.0. The molecule has 1 aromatic heterocycles. The minimum Gasteiger partial charge on any atom is -0.478 e. The lowest BCUT2D eigenvalue weighted by molar-refractivity contribution is -0.121. The molecule has 1 atom stereocenters. The number of carboxylic acids is 1. The summed E-state index contributed by atoms with van der Waals surface area (Å²) in [6.07, 6.45) is 5.49. The molecule has 2 heterocycles. The van der Waals surface area contributed by atoms with Gasteiger partial charge in [0.05, 0.1) is 23.7 Å². The molecule has 164 valence electrons. The highest BCUT2D eigenvalue weighted by atomic mass is 16.4. The Balaban J connectivity index is 1.60. The first-order valence-corrected chi connectivity index (χ1v) is 11.0. The summed E-state index contributed by atoms with van der Waals surface area (Å²) in [6.45, 7) is 2.02. The van der Waals surface area contributed by atoms with Gasteiger partial charge in [0.2, 0.25) is 5.91 Å². The van der Waals surface area contributed by atoms with Crippen LogP contribution in [0.15, 0.2) is 72.9 Å². The smallest absolute Gasteiger partial charge is 0.335 e. The lowest BCUT2D eigenvalue weighted by Gasteiger charge is -2.32. The molecule has 2 aromatic carbocycles. The quantitative estimate of drug-likeness (QED) is 0.588. The van der Waals surface area contributed by atoms with E-state index in [1.807, 2.05) is 30.3 Å². The Kier molecular flexibility index (Phi) is 6.80. The zero-order valence-corrected chi connectivity index (χ0v) is 17.9. The number of pyridine rings is 1. The number of aromatic carboxylic acids is 1. The highest BCUT2D eigenvalue weighted by Gasteiger charge is 2.24. The van der Waals surface area contributed by atoms with Crippen LogP contribution in [0.25, 0.3) is 0 Å². The molecule has 6 nitrogen and oxygen atoms in total. The van der Waals surface area contributed by atoms with Crippen molar-refractivity contribution in [3.8, 4) is 0 Å². The molecule has 1 amide bonds. The van der Waals surface area contributed by atoms with Crippen molar-refractivity contribution >= 4 is 17.6 Å². The highest BCUT2D eigenvalue weighted by molar-refractivity contribution is 5.88. The van der Waals surface area contributed by atoms with Crippen LogP contribution >= 0.6 is 0 Å². The van der Waals surface area contributed by atoms with E-state index in [-0.39, 0.29) is 23.9 Å². The van der Waals surface area contributed by atoms with Crippen LogP contribution in [0.2, 0.25) is 0 Å². The largest absolute Gasteiger partial charge is 0.478 e. The molecule has 3 aromatic rings. The highest BCUT2D eigenvalue weighted by Crippen LogP contribution is 2.31. The van der Waals surface area contributed by atoms with Gasteiger partial charge in [-0.1, -0.05) is 36.4 Å². The number of amides is 1. The average molecular weight is 430 g/mol. The molecule has 1 saturated heterocycles. The first-order chi connectivity index (χ1) is 15.6. The van der Waals surface area contributed by atoms with Gasteiger partial charge in [0, 0.05) is 30.5 Å². The number of nitrogens with one attached hydrogen (secondary N) is 1. The SMILES string of the molecule is O=C(Cc1ccc(C(=O)O)cc1)NC(c1ccccn1)c1ccccc1N1CCCCC1. The number of hydrogen-bond acceptors (Lipinski definition) is 4. The number of hydrogen-bond donors (Lipinski definition) is 2. The second-order valence-electron chi connectivity index (χ2n) is 8.04. The van der Waals surface area contributed by atoms with E-state index in [9.17, 15) is 9.59 Å². The molecule has 0 radical (unpaired) electrons. The molecule has 0 aliphatic carbocycles. The molecule has 0 spiro atoms. The van der Waals surface area contributed by atoms with Crippen LogP contribution in [0, 0.1) is 0 Å². The summed E-state index contributed by atoms with van der Waals surface area (Å²) in [5.74, 6) is -1.12. The van der Waals surface area contributed by atoms with Crippen LogP contribution in [0.5, 0.6) is 0 Å². The maximum Gasteiger partial charge on any atom is 0.335 e. The molecule has 6 heteroatoms. The second-order valence-corrected chi connectivity index (χ2v) is 8.04. The number of carboxylic acid groups (broad SMARTS) is 1. The summed E-state index contributed by atoms with van der Waals surface area (Å²) in [4.78, 5) is 31.0. The van der Waals surface area contributed by atoms with Crippen LogP contribution in [0.1, 0.15) is 52.5 Å². The summed E-state index contributed by atoms with van der Waals surface area (Å²) in [5, 5.41) is 12.2. The van der Waals surface area contributed by atoms with Crippen LogP contribution in [0.4, 0.5) is 5.69 Å². The van der Waals surface area contributed by atoms with Crippen molar-refractivity contribution in [3.63, 3.8) is 0 Å². The van der Waals surface area contributed by atoms with Gasteiger partial charge in [0.25, 0.3) is 0 Å². The van der Waals surface area contributed by atoms with Crippen LogP contribution in [0.3, 0.4) is 0 Å². The molecule has 1 aliphatic heterocycles. The second kappa shape index (κ2) is 10.1. The maximum absolute atomic E-state index is 13.0. The number of carbonyl (C=O) groups is 2. The molecular formula is C26H27N3O3. The fraction of sp³-hybridized carbons (Fsp3) is 0.269. The van der Waals surface area contributed by atoms with E-state index in [1.54, 1.807) is 18.3 Å². The van der Waals surface area contributed by atoms with Gasteiger partial charge in [-0.15, -0.1) is 0 Å². The standard InChI is InChI=1S/C26H27N3O3/c30-24(18-19-11-13-20(14-12-19)26(31)32)28-25(22-9-4-5-15-27-22)21-8-2-3-10-23(21)29-16-6-1-7-17-29/h2-5,8-15,25H,1,6-7,16-18H2,(H,28,30)(H,31,32). The zero-order chi connectivity index (χ0) is 22.3. The number of para-hydroxylation sites is 1. The zero-order valence-electron chi connectivity index (χ0n) is 17.9. The summed E-state index contributed by atoms with van der Waals surface area (Å²) in [6, 6.07) is 20.0. The van der Waals surface area contributed by atoms with Crippen molar-refractivity contribution in [2.45, 2.75) is 31.7 Å². The van der Waals surface area contributed by atoms with E-state index >= 15 is 0 Å². The summed E-state index contributed by atoms with van der Waals surface area (Å²) in [5.41, 5.74) is 3.91. The minimum absolute atomic E-state index is 0.142. The van der Waals surface area contributed by atoms with Gasteiger partial charge in [-0.05, 0) is 55.2 Å². The summed E-state index contributed by atoms with van der Waals surface area (Å²) in [7, 11) is 0. The van der Waals surface area contributed by atoms with E-state index in [4.69, 9.17) is 5.11 Å². The van der Waals surface area contributed by atoms with Crippen LogP contribution in [-0.4, -0.2) is 35.1 Å². The number of anilines is 1. The number of benzene rings is 2. The van der Waals surface area contributed by atoms with Gasteiger partial charge in [-0.3, -0.25) is 9.78 Å². The lowest BCUT2D eigenvalue weighted by Crippen LogP contribution is -2.34. The Labute approximate surface area is 187 Å². The molecule has 1 aliphatic rings. The van der Waals surface area contributed by atoms with E-state index < -0.39 is 5.97 Å². The number of aromatic nitrogens is 1. The minimum atomic E-state index is -0.981. The van der Waals surface area contributed by atoms with Gasteiger partial charge in [0.1, 0.15) is 0 Å². The van der Waals surface area contributed by atoms with Crippen molar-refractivity contribution in [2.75, 3.05) is 18.0 Å². The molecular weight excluding hydrogens is 402 g/mol. The Morgan fingerprint density at radius 1 is 0.938 bits per heavy atom. The predicted octanol–water partition coefficient (Wildman–Crippen LogP) is 4.22. The van der Waals surface area contributed by atoms with Gasteiger partial charge in [-0.2, -0.15) is 0 Å². The molecule has 1 fully saturated rings. The van der Waals surface area contributed by atoms with Crippen LogP contribution < -0.4 is 10.2 Å². The van der Waals surface area contributed by atoms with E-state index in [1.165, 1.54) is 31.4 Å². The van der Waals surface area contributed by atoms with Crippen molar-refractivity contribution in [2.24, 2.45) is 0 Å². The Bertz CT molecular complexity index is 1060. The van der Waals surface area contributed by atoms with Crippen molar-refractivity contribution in [1.82, 2.24) is 10.3 Å². The van der Waals surface area contributed by atoms with Crippen molar-refractivity contribution in [3.05, 3.63) is 95.3 Å². The van der Waals surface area contributed by atoms with Crippen molar-refractivity contribution < 1.29 is 14.7 Å². The van der Waals surface area contributed by atoms with Crippen molar-refractivity contribution in [1.29, 1.82) is 0 Å². The Morgan fingerprint density at radius 3 is 2.34 bits per heavy atom. The maximum atomic E-state index is 13.0. The molecule has 0 bridgehead atoms. The van der Waals surface area contributed by atoms with Crippen LogP contribution in [-0.2, 0) is 11.2 Å². The van der Waals surface area contributed by atoms with Gasteiger partial charge < -0.3 is 15.3 Å². The first kappa shape index (κ1) is 21.6. The molecule has 0 saturated carbocycles. The van der Waals surface area contributed by atoms with Gasteiger partial charge in [-0.25, -0.2) is 4.79 Å². The fourth-order valence-electron chi connectivity index (χ4n) is 4.17. The summed E-state index contributed by atoms with van der Waals surface area (Å²) < 4.78 is 0. The monoisotopic (exact) mass is 429 g/mol. The third kappa shape index (κ3) is 5.14. The molecule has 4 rings (SSSR count). The predicted molar refractivity (Wildman–Crippen MR) is 124 cm³/mol.